The van der Waals surface area contributed by atoms with Gasteiger partial charge in [-0.25, -0.2) is 21.6 Å². The summed E-state index contributed by atoms with van der Waals surface area (Å²) in [5.41, 5.74) is 2.92. The van der Waals surface area contributed by atoms with Crippen LogP contribution in [0.15, 0.2) is 95.9 Å². The summed E-state index contributed by atoms with van der Waals surface area (Å²) in [4.78, 5) is 16.0. The molecule has 2 aliphatic heterocycles. The number of nitrogens with zero attached hydrogens (tertiary/aromatic N) is 2. The molecule has 236 valence electrons. The third-order valence-corrected chi connectivity index (χ3v) is 12.0. The predicted octanol–water partition coefficient (Wildman–Crippen LogP) is 4.87. The Balaban J connectivity index is 1.23. The third kappa shape index (κ3) is 7.06. The van der Waals surface area contributed by atoms with E-state index in [0.717, 1.165) is 54.4 Å². The highest BCUT2D eigenvalue weighted by atomic mass is 32.2. The second-order valence-corrected chi connectivity index (χ2v) is 15.7. The molecule has 2 N–H and O–H groups in total. The van der Waals surface area contributed by atoms with Gasteiger partial charge in [-0.1, -0.05) is 79.2 Å². The lowest BCUT2D eigenvalue weighted by Crippen LogP contribution is -2.44. The summed E-state index contributed by atoms with van der Waals surface area (Å²) in [5.74, 6) is -0.745. The monoisotopic (exact) mass is 646 g/mol. The molecule has 0 saturated carbocycles. The Morgan fingerprint density at radius 3 is 2.36 bits per heavy atom. The molecule has 2 aliphatic rings. The molecular weight excluding hydrogens is 609 g/mol. The van der Waals surface area contributed by atoms with Crippen LogP contribution in [0.25, 0.3) is 10.8 Å². The predicted molar refractivity (Wildman–Crippen MR) is 177 cm³/mol. The molecule has 4 aromatic rings. The largest absolute Gasteiger partial charge is 0.348 e. The summed E-state index contributed by atoms with van der Waals surface area (Å²) in [6, 6.07) is 25.5. The first-order valence-corrected chi connectivity index (χ1v) is 18.4. The van der Waals surface area contributed by atoms with Gasteiger partial charge >= 0.3 is 0 Å². The van der Waals surface area contributed by atoms with E-state index in [1.165, 1.54) is 10.7 Å². The summed E-state index contributed by atoms with van der Waals surface area (Å²) in [6.07, 6.45) is 3.34. The van der Waals surface area contributed by atoms with E-state index in [-0.39, 0.29) is 17.1 Å². The van der Waals surface area contributed by atoms with Crippen molar-refractivity contribution in [2.75, 3.05) is 30.2 Å². The zero-order chi connectivity index (χ0) is 31.6. The van der Waals surface area contributed by atoms with Crippen LogP contribution in [0, 0.1) is 0 Å². The topological polar surface area (TPSA) is 116 Å². The maximum atomic E-state index is 13.6. The molecule has 1 saturated heterocycles. The molecule has 4 aromatic carbocycles. The second-order valence-electron chi connectivity index (χ2n) is 11.9. The highest BCUT2D eigenvalue weighted by molar-refractivity contribution is 7.92. The minimum Gasteiger partial charge on any atom is -0.348 e. The van der Waals surface area contributed by atoms with E-state index in [9.17, 15) is 21.6 Å². The van der Waals surface area contributed by atoms with Crippen LogP contribution >= 0.6 is 0 Å². The molecule has 1 unspecified atom stereocenters. The molecule has 1 amide bonds. The molecule has 1 fully saturated rings. The number of hydrogen-bond donors (Lipinski definition) is 2. The number of rotatable bonds is 9. The molecular formula is C34H38N4O5S2. The molecule has 9 nitrogen and oxygen atoms in total. The number of benzene rings is 4. The van der Waals surface area contributed by atoms with Gasteiger partial charge in [-0.15, -0.1) is 0 Å². The lowest BCUT2D eigenvalue weighted by atomic mass is 10.0. The van der Waals surface area contributed by atoms with Crippen molar-refractivity contribution >= 4 is 42.4 Å². The van der Waals surface area contributed by atoms with E-state index < -0.39 is 38.0 Å². The van der Waals surface area contributed by atoms with Crippen molar-refractivity contribution in [3.63, 3.8) is 0 Å². The smallest absolute Gasteiger partial charge is 0.241 e. The van der Waals surface area contributed by atoms with Crippen molar-refractivity contribution in [3.05, 3.63) is 108 Å². The number of sulfonamides is 2. The van der Waals surface area contributed by atoms with Crippen LogP contribution in [-0.4, -0.2) is 53.5 Å². The Labute approximate surface area is 265 Å². The fourth-order valence-corrected chi connectivity index (χ4v) is 8.88. The van der Waals surface area contributed by atoms with Crippen LogP contribution in [0.1, 0.15) is 54.5 Å². The summed E-state index contributed by atoms with van der Waals surface area (Å²) in [6.45, 7) is 2.79. The number of amides is 1. The van der Waals surface area contributed by atoms with Gasteiger partial charge in [0.2, 0.25) is 26.0 Å². The van der Waals surface area contributed by atoms with Crippen LogP contribution in [-0.2, 0) is 31.4 Å². The zero-order valence-corrected chi connectivity index (χ0v) is 26.9. The number of piperidine rings is 1. The first-order chi connectivity index (χ1) is 21.6. The minimum absolute atomic E-state index is 0.0956. The quantitative estimate of drug-likeness (QED) is 0.268. The number of carbonyl (C=O) groups excluding carboxylic acids is 1. The van der Waals surface area contributed by atoms with E-state index in [1.54, 1.807) is 49.5 Å². The van der Waals surface area contributed by atoms with E-state index in [4.69, 9.17) is 0 Å². The number of carbonyl (C=O) groups is 1. The van der Waals surface area contributed by atoms with Crippen LogP contribution in [0.2, 0.25) is 0 Å². The molecule has 0 bridgehead atoms. The second kappa shape index (κ2) is 12.9. The highest BCUT2D eigenvalue weighted by Gasteiger charge is 2.35. The number of fused-ring (bicyclic) bond motifs is 2. The SMILES string of the molecule is CN1c2cc(CN3CCCCC3)ccc2C(NC(=O)C[C@@H](NS(=O)(=O)c2ccc3ccccc3c2)c2ccccc2)CS1(=O)=O. The highest BCUT2D eigenvalue weighted by Crippen LogP contribution is 2.36. The van der Waals surface area contributed by atoms with Gasteiger partial charge in [0.05, 0.1) is 28.4 Å². The molecule has 6 rings (SSSR count). The molecule has 0 aliphatic carbocycles. The number of likely N-dealkylation sites (tertiary alicyclic amines) is 1. The first kappa shape index (κ1) is 31.2. The van der Waals surface area contributed by atoms with Gasteiger partial charge in [0, 0.05) is 20.0 Å². The van der Waals surface area contributed by atoms with Crippen LogP contribution in [0.3, 0.4) is 0 Å². The van der Waals surface area contributed by atoms with Crippen LogP contribution in [0.5, 0.6) is 0 Å². The van der Waals surface area contributed by atoms with E-state index in [2.05, 4.69) is 14.9 Å². The Hall–Kier alpha value is -3.77. The van der Waals surface area contributed by atoms with Gasteiger partial charge in [0.25, 0.3) is 0 Å². The summed E-state index contributed by atoms with van der Waals surface area (Å²) >= 11 is 0. The molecule has 0 radical (unpaired) electrons. The summed E-state index contributed by atoms with van der Waals surface area (Å²) in [7, 11) is -6.15. The van der Waals surface area contributed by atoms with Gasteiger partial charge in [-0.05, 0) is 71.6 Å². The molecule has 0 aromatic heterocycles. The molecule has 2 atom stereocenters. The van der Waals surface area contributed by atoms with Crippen molar-refractivity contribution in [2.24, 2.45) is 0 Å². The minimum atomic E-state index is -4.01. The number of nitrogens with one attached hydrogen (secondary N) is 2. The van der Waals surface area contributed by atoms with Crippen molar-refractivity contribution in [1.29, 1.82) is 0 Å². The van der Waals surface area contributed by atoms with E-state index in [1.807, 2.05) is 48.5 Å². The third-order valence-electron chi connectivity index (χ3n) is 8.71. The van der Waals surface area contributed by atoms with Crippen molar-refractivity contribution in [2.45, 2.75) is 49.2 Å². The lowest BCUT2D eigenvalue weighted by Gasteiger charge is -2.34. The van der Waals surface area contributed by atoms with Crippen molar-refractivity contribution < 1.29 is 21.6 Å². The van der Waals surface area contributed by atoms with E-state index >= 15 is 0 Å². The Morgan fingerprint density at radius 2 is 1.60 bits per heavy atom. The molecule has 0 spiro atoms. The Bertz CT molecular complexity index is 1910. The maximum absolute atomic E-state index is 13.6. The fraction of sp³-hybridized carbons (Fsp3) is 0.324. The summed E-state index contributed by atoms with van der Waals surface area (Å²) < 4.78 is 57.5. The van der Waals surface area contributed by atoms with Gasteiger partial charge in [0.15, 0.2) is 0 Å². The van der Waals surface area contributed by atoms with Crippen molar-refractivity contribution in [1.82, 2.24) is 14.9 Å². The molecule has 11 heteroatoms. The lowest BCUT2D eigenvalue weighted by molar-refractivity contribution is -0.122. The number of hydrogen-bond acceptors (Lipinski definition) is 6. The van der Waals surface area contributed by atoms with Crippen LogP contribution < -0.4 is 14.3 Å². The van der Waals surface area contributed by atoms with E-state index in [0.29, 0.717) is 11.3 Å². The number of anilines is 1. The first-order valence-electron chi connectivity index (χ1n) is 15.3. The summed E-state index contributed by atoms with van der Waals surface area (Å²) in [5, 5.41) is 4.62. The Kier molecular flexibility index (Phi) is 8.96. The van der Waals surface area contributed by atoms with Gasteiger partial charge in [-0.3, -0.25) is 14.0 Å². The average Bonchev–Trinajstić information content (AvgIpc) is 3.03. The molecule has 2 heterocycles. The van der Waals surface area contributed by atoms with Gasteiger partial charge < -0.3 is 5.32 Å². The van der Waals surface area contributed by atoms with Crippen molar-refractivity contribution in [3.8, 4) is 0 Å². The molecule has 45 heavy (non-hydrogen) atoms. The average molecular weight is 647 g/mol. The zero-order valence-electron chi connectivity index (χ0n) is 25.2. The van der Waals surface area contributed by atoms with Gasteiger partial charge in [-0.2, -0.15) is 0 Å². The standard InChI is InChI=1S/C34H38N4O5S2/c1-37-33-20-25(23-38-18-8-3-9-19-38)14-17-30(33)32(24-44(37,40)41)35-34(39)22-31(27-11-4-2-5-12-27)36-45(42,43)29-16-15-26-10-6-7-13-28(26)21-29/h2,4-7,10-17,20-21,31-32,36H,3,8-9,18-19,22-24H2,1H3,(H,35,39)/t31-,32?/m1/s1. The fourth-order valence-electron chi connectivity index (χ4n) is 6.25. The van der Waals surface area contributed by atoms with Gasteiger partial charge in [0.1, 0.15) is 0 Å². The maximum Gasteiger partial charge on any atom is 0.241 e. The Morgan fingerprint density at radius 1 is 0.889 bits per heavy atom. The normalized spacial score (nSPS) is 19.1. The van der Waals surface area contributed by atoms with Crippen LogP contribution in [0.4, 0.5) is 5.69 Å².